The Kier molecular flexibility index (Phi) is 4.34. The summed E-state index contributed by atoms with van der Waals surface area (Å²) in [5.74, 6) is 0. The lowest BCUT2D eigenvalue weighted by Gasteiger charge is -2.08. The predicted octanol–water partition coefficient (Wildman–Crippen LogP) is 3.29. The lowest BCUT2D eigenvalue weighted by Crippen LogP contribution is -2.30. The van der Waals surface area contributed by atoms with Gasteiger partial charge in [-0.2, -0.15) is 5.10 Å². The van der Waals surface area contributed by atoms with E-state index in [1.165, 1.54) is 11.3 Å². The number of hydrogen-bond acceptors (Lipinski definition) is 4. The average molecular weight is 347 g/mol. The SMILES string of the molecule is CC(C)NS(=O)(=O)c1cn(-c2ccccc2)nc1-c1cccs1. The molecule has 0 saturated heterocycles. The Labute approximate surface area is 139 Å². The van der Waals surface area contributed by atoms with Crippen LogP contribution in [0.2, 0.25) is 0 Å². The molecule has 0 atom stereocenters. The second-order valence-corrected chi connectivity index (χ2v) is 8.01. The number of aromatic nitrogens is 2. The van der Waals surface area contributed by atoms with Crippen LogP contribution in [0.15, 0.2) is 58.9 Å². The van der Waals surface area contributed by atoms with Gasteiger partial charge in [0.05, 0.1) is 16.8 Å². The molecule has 0 radical (unpaired) electrons. The first kappa shape index (κ1) is 15.9. The van der Waals surface area contributed by atoms with Crippen LogP contribution in [-0.4, -0.2) is 24.2 Å². The van der Waals surface area contributed by atoms with Crippen molar-refractivity contribution in [1.82, 2.24) is 14.5 Å². The molecule has 0 fully saturated rings. The number of nitrogens with zero attached hydrogens (tertiary/aromatic N) is 2. The zero-order chi connectivity index (χ0) is 16.4. The van der Waals surface area contributed by atoms with Crippen molar-refractivity contribution in [3.8, 4) is 16.3 Å². The molecule has 0 spiro atoms. The third kappa shape index (κ3) is 3.36. The summed E-state index contributed by atoms with van der Waals surface area (Å²) in [6.45, 7) is 3.59. The van der Waals surface area contributed by atoms with E-state index in [2.05, 4.69) is 9.82 Å². The van der Waals surface area contributed by atoms with Crippen molar-refractivity contribution in [2.24, 2.45) is 0 Å². The summed E-state index contributed by atoms with van der Waals surface area (Å²) in [5.41, 5.74) is 1.29. The molecule has 2 heterocycles. The van der Waals surface area contributed by atoms with Gasteiger partial charge in [0.1, 0.15) is 10.6 Å². The summed E-state index contributed by atoms with van der Waals surface area (Å²) in [6, 6.07) is 13.0. The number of nitrogens with one attached hydrogen (secondary N) is 1. The minimum Gasteiger partial charge on any atom is -0.239 e. The first-order chi connectivity index (χ1) is 11.0. The molecule has 0 unspecified atom stereocenters. The second-order valence-electron chi connectivity index (χ2n) is 5.38. The predicted molar refractivity (Wildman–Crippen MR) is 92.3 cm³/mol. The molecule has 5 nitrogen and oxygen atoms in total. The molecular weight excluding hydrogens is 330 g/mol. The number of hydrogen-bond donors (Lipinski definition) is 1. The van der Waals surface area contributed by atoms with Crippen LogP contribution in [0.5, 0.6) is 0 Å². The fraction of sp³-hybridized carbons (Fsp3) is 0.188. The Morgan fingerprint density at radius 1 is 1.13 bits per heavy atom. The van der Waals surface area contributed by atoms with Crippen LogP contribution in [0.3, 0.4) is 0 Å². The summed E-state index contributed by atoms with van der Waals surface area (Å²) in [6.07, 6.45) is 1.56. The van der Waals surface area contributed by atoms with Gasteiger partial charge in [-0.1, -0.05) is 24.3 Å². The van der Waals surface area contributed by atoms with E-state index >= 15 is 0 Å². The zero-order valence-corrected chi connectivity index (χ0v) is 14.4. The molecule has 1 N–H and O–H groups in total. The number of para-hydroxylation sites is 1. The van der Waals surface area contributed by atoms with Crippen LogP contribution in [0.1, 0.15) is 13.8 Å². The summed E-state index contributed by atoms with van der Waals surface area (Å²) in [5, 5.41) is 6.41. The maximum absolute atomic E-state index is 12.6. The zero-order valence-electron chi connectivity index (χ0n) is 12.8. The molecule has 0 aliphatic carbocycles. The van der Waals surface area contributed by atoms with E-state index in [1.807, 2.05) is 47.8 Å². The van der Waals surface area contributed by atoms with E-state index in [0.29, 0.717) is 5.69 Å². The maximum atomic E-state index is 12.6. The molecule has 0 aliphatic rings. The monoisotopic (exact) mass is 347 g/mol. The van der Waals surface area contributed by atoms with Crippen molar-refractivity contribution in [2.45, 2.75) is 24.8 Å². The second kappa shape index (κ2) is 6.27. The summed E-state index contributed by atoms with van der Waals surface area (Å²) < 4.78 is 29.5. The fourth-order valence-electron chi connectivity index (χ4n) is 2.23. The highest BCUT2D eigenvalue weighted by Gasteiger charge is 2.25. The molecular formula is C16H17N3O2S2. The summed E-state index contributed by atoms with van der Waals surface area (Å²) >= 11 is 1.47. The Morgan fingerprint density at radius 2 is 1.87 bits per heavy atom. The van der Waals surface area contributed by atoms with Crippen LogP contribution in [0, 0.1) is 0 Å². The summed E-state index contributed by atoms with van der Waals surface area (Å²) in [4.78, 5) is 1.02. The van der Waals surface area contributed by atoms with Crippen LogP contribution < -0.4 is 4.72 Å². The molecule has 23 heavy (non-hydrogen) atoms. The minimum atomic E-state index is -3.63. The van der Waals surface area contributed by atoms with Gasteiger partial charge < -0.3 is 0 Å². The first-order valence-corrected chi connectivity index (χ1v) is 9.55. The summed E-state index contributed by atoms with van der Waals surface area (Å²) in [7, 11) is -3.63. The third-order valence-corrected chi connectivity index (χ3v) is 5.67. The standard InChI is InChI=1S/C16H17N3O2S2/c1-12(2)18-23(20,21)15-11-19(13-7-4-3-5-8-13)17-16(15)14-9-6-10-22-14/h3-12,18H,1-2H3. The molecule has 3 rings (SSSR count). The highest BCUT2D eigenvalue weighted by Crippen LogP contribution is 2.30. The minimum absolute atomic E-state index is 0.184. The highest BCUT2D eigenvalue weighted by atomic mass is 32.2. The van der Waals surface area contributed by atoms with Crippen molar-refractivity contribution < 1.29 is 8.42 Å². The van der Waals surface area contributed by atoms with Crippen molar-refractivity contribution in [1.29, 1.82) is 0 Å². The van der Waals surface area contributed by atoms with Gasteiger partial charge in [0.15, 0.2) is 0 Å². The van der Waals surface area contributed by atoms with Gasteiger partial charge in [0.25, 0.3) is 0 Å². The van der Waals surface area contributed by atoms with Crippen molar-refractivity contribution in [2.75, 3.05) is 0 Å². The Hall–Kier alpha value is -1.96. The molecule has 120 valence electrons. The van der Waals surface area contributed by atoms with E-state index in [-0.39, 0.29) is 10.9 Å². The Morgan fingerprint density at radius 3 is 2.48 bits per heavy atom. The van der Waals surface area contributed by atoms with Gasteiger partial charge >= 0.3 is 0 Å². The van der Waals surface area contributed by atoms with E-state index in [9.17, 15) is 8.42 Å². The Balaban J connectivity index is 2.16. The fourth-order valence-corrected chi connectivity index (χ4v) is 4.40. The number of sulfonamides is 1. The molecule has 7 heteroatoms. The lowest BCUT2D eigenvalue weighted by atomic mass is 10.3. The topological polar surface area (TPSA) is 64.0 Å². The van der Waals surface area contributed by atoms with Gasteiger partial charge in [0.2, 0.25) is 10.0 Å². The van der Waals surface area contributed by atoms with Gasteiger partial charge in [-0.15, -0.1) is 11.3 Å². The smallest absolute Gasteiger partial charge is 0.239 e. The molecule has 0 saturated carbocycles. The molecule has 1 aromatic carbocycles. The third-order valence-electron chi connectivity index (χ3n) is 3.14. The van der Waals surface area contributed by atoms with Crippen molar-refractivity contribution in [3.63, 3.8) is 0 Å². The van der Waals surface area contributed by atoms with Crippen LogP contribution in [0.25, 0.3) is 16.3 Å². The molecule has 0 aliphatic heterocycles. The van der Waals surface area contributed by atoms with Crippen LogP contribution in [-0.2, 0) is 10.0 Å². The van der Waals surface area contributed by atoms with Gasteiger partial charge in [-0.25, -0.2) is 17.8 Å². The van der Waals surface area contributed by atoms with E-state index in [1.54, 1.807) is 24.7 Å². The normalized spacial score (nSPS) is 12.0. The molecule has 0 bridgehead atoms. The maximum Gasteiger partial charge on any atom is 0.244 e. The van der Waals surface area contributed by atoms with E-state index < -0.39 is 10.0 Å². The first-order valence-electron chi connectivity index (χ1n) is 7.18. The van der Waals surface area contributed by atoms with Crippen molar-refractivity contribution in [3.05, 3.63) is 54.0 Å². The number of rotatable bonds is 5. The quantitative estimate of drug-likeness (QED) is 0.770. The Bertz CT molecular complexity index is 883. The van der Waals surface area contributed by atoms with Gasteiger partial charge in [-0.05, 0) is 37.4 Å². The van der Waals surface area contributed by atoms with E-state index in [0.717, 1.165) is 10.6 Å². The lowest BCUT2D eigenvalue weighted by molar-refractivity contribution is 0.570. The van der Waals surface area contributed by atoms with Gasteiger partial charge in [-0.3, -0.25) is 0 Å². The van der Waals surface area contributed by atoms with Gasteiger partial charge in [0, 0.05) is 6.04 Å². The van der Waals surface area contributed by atoms with Crippen molar-refractivity contribution >= 4 is 21.4 Å². The largest absolute Gasteiger partial charge is 0.244 e. The highest BCUT2D eigenvalue weighted by molar-refractivity contribution is 7.89. The molecule has 0 amide bonds. The van der Waals surface area contributed by atoms with E-state index in [4.69, 9.17) is 0 Å². The number of thiophene rings is 1. The van der Waals surface area contributed by atoms with Crippen LogP contribution in [0.4, 0.5) is 0 Å². The molecule has 2 aromatic heterocycles. The molecule has 3 aromatic rings. The average Bonchev–Trinajstić information content (AvgIpc) is 3.16. The van der Waals surface area contributed by atoms with Crippen LogP contribution >= 0.6 is 11.3 Å². The number of benzene rings is 1.